The van der Waals surface area contributed by atoms with E-state index in [0.717, 1.165) is 5.56 Å². The summed E-state index contributed by atoms with van der Waals surface area (Å²) in [6.07, 6.45) is 2.28. The van der Waals surface area contributed by atoms with Crippen molar-refractivity contribution in [2.45, 2.75) is 71.0 Å². The first-order valence-corrected chi connectivity index (χ1v) is 13.9. The van der Waals surface area contributed by atoms with Crippen LogP contribution >= 0.6 is 0 Å². The molecule has 2 aromatic heterocycles. The summed E-state index contributed by atoms with van der Waals surface area (Å²) in [5.41, 5.74) is 1.63. The molecule has 4 aromatic rings. The molecule has 1 saturated heterocycles. The number of rotatable bonds is 6. The van der Waals surface area contributed by atoms with Crippen LogP contribution in [-0.4, -0.2) is 40.9 Å². The highest BCUT2D eigenvalue weighted by atomic mass is 32.2. The number of nitrogens with zero attached hydrogens (tertiary/aromatic N) is 3. The SMILES string of the molecule is Cc1ccc(S(=O)(=O)n2cc(B3OC(C)(C)C(C)(C)O3)c3cc(-c4nnc(CC(C)C)o4)ccc32)cc1. The van der Waals surface area contributed by atoms with Gasteiger partial charge in [0.05, 0.1) is 21.6 Å². The van der Waals surface area contributed by atoms with Gasteiger partial charge in [0.1, 0.15) is 0 Å². The van der Waals surface area contributed by atoms with Gasteiger partial charge in [0.2, 0.25) is 11.8 Å². The molecule has 8 nitrogen and oxygen atoms in total. The van der Waals surface area contributed by atoms with Crippen LogP contribution < -0.4 is 5.46 Å². The summed E-state index contributed by atoms with van der Waals surface area (Å²) >= 11 is 0. The van der Waals surface area contributed by atoms with E-state index in [9.17, 15) is 8.42 Å². The van der Waals surface area contributed by atoms with Gasteiger partial charge in [-0.1, -0.05) is 31.5 Å². The van der Waals surface area contributed by atoms with Gasteiger partial charge < -0.3 is 13.7 Å². The van der Waals surface area contributed by atoms with Crippen molar-refractivity contribution in [2.75, 3.05) is 0 Å². The normalized spacial score (nSPS) is 17.2. The molecule has 5 rings (SSSR count). The molecule has 0 atom stereocenters. The third-order valence-electron chi connectivity index (χ3n) is 7.18. The smallest absolute Gasteiger partial charge is 0.421 e. The second kappa shape index (κ2) is 8.82. The third-order valence-corrected chi connectivity index (χ3v) is 8.87. The highest BCUT2D eigenvalue weighted by Crippen LogP contribution is 2.38. The minimum Gasteiger partial charge on any atom is -0.421 e. The minimum absolute atomic E-state index is 0.203. The Morgan fingerprint density at radius 2 is 1.62 bits per heavy atom. The Bertz CT molecular complexity index is 1550. The van der Waals surface area contributed by atoms with Crippen molar-refractivity contribution in [1.29, 1.82) is 0 Å². The second-order valence-corrected chi connectivity index (χ2v) is 12.9. The van der Waals surface area contributed by atoms with E-state index < -0.39 is 28.3 Å². The van der Waals surface area contributed by atoms with Gasteiger partial charge in [0.15, 0.2) is 0 Å². The molecular formula is C27H32BN3O5S. The molecule has 0 aliphatic carbocycles. The van der Waals surface area contributed by atoms with Gasteiger partial charge in [-0.15, -0.1) is 10.2 Å². The van der Waals surface area contributed by atoms with Gasteiger partial charge in [0.25, 0.3) is 10.0 Å². The first-order valence-electron chi connectivity index (χ1n) is 12.4. The molecule has 0 spiro atoms. The Hall–Kier alpha value is -2.95. The summed E-state index contributed by atoms with van der Waals surface area (Å²) < 4.78 is 47.3. The van der Waals surface area contributed by atoms with Crippen molar-refractivity contribution in [3.63, 3.8) is 0 Å². The van der Waals surface area contributed by atoms with Crippen LogP contribution in [0.4, 0.5) is 0 Å². The first-order chi connectivity index (χ1) is 17.3. The molecule has 1 aliphatic heterocycles. The Kier molecular flexibility index (Phi) is 6.12. The lowest BCUT2D eigenvalue weighted by molar-refractivity contribution is 0.00578. The van der Waals surface area contributed by atoms with Crippen molar-refractivity contribution < 1.29 is 22.1 Å². The fourth-order valence-electron chi connectivity index (χ4n) is 4.34. The quantitative estimate of drug-likeness (QED) is 0.339. The van der Waals surface area contributed by atoms with Crippen molar-refractivity contribution >= 4 is 33.5 Å². The van der Waals surface area contributed by atoms with Gasteiger partial charge in [-0.25, -0.2) is 12.4 Å². The summed E-state index contributed by atoms with van der Waals surface area (Å²) in [4.78, 5) is 0.203. The zero-order valence-electron chi connectivity index (χ0n) is 22.3. The van der Waals surface area contributed by atoms with Crippen LogP contribution in [0.5, 0.6) is 0 Å². The number of aryl methyl sites for hydroxylation is 1. The lowest BCUT2D eigenvalue weighted by Crippen LogP contribution is -2.41. The van der Waals surface area contributed by atoms with Gasteiger partial charge >= 0.3 is 7.12 Å². The van der Waals surface area contributed by atoms with Crippen LogP contribution in [0.25, 0.3) is 22.4 Å². The number of hydrogen-bond donors (Lipinski definition) is 0. The van der Waals surface area contributed by atoms with E-state index >= 15 is 0 Å². The van der Waals surface area contributed by atoms with Crippen molar-refractivity contribution in [3.8, 4) is 11.5 Å². The molecule has 194 valence electrons. The average molecular weight is 521 g/mol. The summed E-state index contributed by atoms with van der Waals surface area (Å²) in [6, 6.07) is 12.2. The Morgan fingerprint density at radius 3 is 2.24 bits per heavy atom. The van der Waals surface area contributed by atoms with Gasteiger partial charge in [0, 0.05) is 29.0 Å². The Labute approximate surface area is 218 Å². The average Bonchev–Trinajstić information content (AvgIpc) is 3.47. The van der Waals surface area contributed by atoms with Gasteiger partial charge in [-0.05, 0) is 70.9 Å². The van der Waals surface area contributed by atoms with Crippen LogP contribution in [0.15, 0.2) is 58.0 Å². The molecule has 0 unspecified atom stereocenters. The molecule has 0 bridgehead atoms. The van der Waals surface area contributed by atoms with E-state index in [0.29, 0.717) is 46.0 Å². The molecule has 0 saturated carbocycles. The molecule has 0 N–H and O–H groups in total. The fraction of sp³-hybridized carbons (Fsp3) is 0.407. The molecule has 3 heterocycles. The number of benzene rings is 2. The summed E-state index contributed by atoms with van der Waals surface area (Å²) in [6.45, 7) is 14.0. The van der Waals surface area contributed by atoms with Gasteiger partial charge in [-0.3, -0.25) is 0 Å². The standard InChI is InChI=1S/C27H32BN3O5S/c1-17(2)14-24-29-30-25(34-24)19-10-13-23-21(15-19)22(28-35-26(4,5)27(6,7)36-28)16-31(23)37(32,33)20-11-8-18(3)9-12-20/h8-13,15-17H,14H2,1-7H3. The molecule has 1 aliphatic rings. The van der Waals surface area contributed by atoms with Gasteiger partial charge in [-0.2, -0.15) is 0 Å². The molecule has 0 radical (unpaired) electrons. The van der Waals surface area contributed by atoms with Crippen LogP contribution in [0.1, 0.15) is 53.0 Å². The number of hydrogen-bond acceptors (Lipinski definition) is 7. The molecule has 1 fully saturated rings. The molecule has 37 heavy (non-hydrogen) atoms. The lowest BCUT2D eigenvalue weighted by atomic mass is 9.79. The predicted molar refractivity (Wildman–Crippen MR) is 143 cm³/mol. The molecule has 10 heteroatoms. The van der Waals surface area contributed by atoms with Crippen LogP contribution in [0.3, 0.4) is 0 Å². The molecular weight excluding hydrogens is 489 g/mol. The maximum atomic E-state index is 13.7. The van der Waals surface area contributed by atoms with E-state index in [1.807, 2.05) is 40.7 Å². The first kappa shape index (κ1) is 25.7. The predicted octanol–water partition coefficient (Wildman–Crippen LogP) is 4.73. The second-order valence-electron chi connectivity index (χ2n) is 11.1. The maximum Gasteiger partial charge on any atom is 0.497 e. The van der Waals surface area contributed by atoms with Crippen molar-refractivity contribution in [3.05, 3.63) is 60.1 Å². The largest absolute Gasteiger partial charge is 0.497 e. The van der Waals surface area contributed by atoms with Crippen molar-refractivity contribution in [2.24, 2.45) is 5.92 Å². The number of fused-ring (bicyclic) bond motifs is 1. The maximum absolute atomic E-state index is 13.7. The molecule has 2 aromatic carbocycles. The summed E-state index contributed by atoms with van der Waals surface area (Å²) in [7, 11) is -4.63. The highest BCUT2D eigenvalue weighted by Gasteiger charge is 2.52. The monoisotopic (exact) mass is 521 g/mol. The van der Waals surface area contributed by atoms with Crippen LogP contribution in [-0.2, 0) is 25.8 Å². The van der Waals surface area contributed by atoms with Crippen LogP contribution in [0, 0.1) is 12.8 Å². The van der Waals surface area contributed by atoms with E-state index in [1.54, 1.807) is 42.6 Å². The fourth-order valence-corrected chi connectivity index (χ4v) is 5.72. The van der Waals surface area contributed by atoms with E-state index in [4.69, 9.17) is 13.7 Å². The number of aromatic nitrogens is 3. The molecule has 0 amide bonds. The third kappa shape index (κ3) is 4.51. The van der Waals surface area contributed by atoms with E-state index in [-0.39, 0.29) is 4.90 Å². The summed E-state index contributed by atoms with van der Waals surface area (Å²) in [5.74, 6) is 1.33. The Morgan fingerprint density at radius 1 is 0.973 bits per heavy atom. The highest BCUT2D eigenvalue weighted by molar-refractivity contribution is 7.90. The summed E-state index contributed by atoms with van der Waals surface area (Å²) in [5, 5.41) is 9.08. The minimum atomic E-state index is -3.88. The van der Waals surface area contributed by atoms with E-state index in [1.165, 1.54) is 3.97 Å². The van der Waals surface area contributed by atoms with E-state index in [2.05, 4.69) is 24.0 Å². The lowest BCUT2D eigenvalue weighted by Gasteiger charge is -2.32. The van der Waals surface area contributed by atoms with Crippen LogP contribution in [0.2, 0.25) is 0 Å². The topological polar surface area (TPSA) is 96.5 Å². The Balaban J connectivity index is 1.67. The zero-order chi connectivity index (χ0) is 26.8. The zero-order valence-corrected chi connectivity index (χ0v) is 23.1. The van der Waals surface area contributed by atoms with Crippen molar-refractivity contribution in [1.82, 2.24) is 14.2 Å².